The highest BCUT2D eigenvalue weighted by molar-refractivity contribution is 8.00. The summed E-state index contributed by atoms with van der Waals surface area (Å²) in [6, 6.07) is 15.0. The zero-order valence-electron chi connectivity index (χ0n) is 13.4. The Bertz CT molecular complexity index is 943. The molecule has 2 aromatic carbocycles. The van der Waals surface area contributed by atoms with Gasteiger partial charge in [0.1, 0.15) is 0 Å². The van der Waals surface area contributed by atoms with Gasteiger partial charge in [-0.05, 0) is 29.3 Å². The second kappa shape index (κ2) is 9.19. The zero-order valence-corrected chi connectivity index (χ0v) is 16.5. The topological polar surface area (TPSA) is 54.9 Å². The maximum atomic E-state index is 12.0. The lowest BCUT2D eigenvalue weighted by atomic mass is 10.2. The second-order valence-corrected chi connectivity index (χ2v) is 8.11. The number of halogens is 2. The van der Waals surface area contributed by atoms with E-state index in [1.807, 2.05) is 42.5 Å². The Balaban J connectivity index is 1.55. The van der Waals surface area contributed by atoms with Gasteiger partial charge in [-0.25, -0.2) is 0 Å². The van der Waals surface area contributed by atoms with Crippen LogP contribution in [0.15, 0.2) is 58.9 Å². The Morgan fingerprint density at radius 2 is 1.81 bits per heavy atom. The number of hydrogen-bond donors (Lipinski definition) is 1. The summed E-state index contributed by atoms with van der Waals surface area (Å²) in [6.45, 7) is 0. The van der Waals surface area contributed by atoms with Crippen LogP contribution < -0.4 is 5.32 Å². The first-order valence-electron chi connectivity index (χ1n) is 7.55. The fraction of sp³-hybridized carbons (Fsp3) is 0.0556. The molecule has 0 saturated carbocycles. The van der Waals surface area contributed by atoms with Crippen LogP contribution in [-0.2, 0) is 10.5 Å². The number of nitrogens with one attached hydrogen (secondary N) is 1. The first-order chi connectivity index (χ1) is 12.6. The molecule has 8 heteroatoms. The number of thioether (sulfide) groups is 1. The predicted molar refractivity (Wildman–Crippen MR) is 110 cm³/mol. The van der Waals surface area contributed by atoms with Gasteiger partial charge in [0, 0.05) is 21.9 Å². The van der Waals surface area contributed by atoms with Crippen LogP contribution >= 0.6 is 46.3 Å². The van der Waals surface area contributed by atoms with Crippen LogP contribution in [-0.4, -0.2) is 16.1 Å². The molecule has 0 bridgehead atoms. The predicted octanol–water partition coefficient (Wildman–Crippen LogP) is 5.79. The molecular formula is C18H13Cl2N3OS2. The van der Waals surface area contributed by atoms with Crippen molar-refractivity contribution >= 4 is 63.4 Å². The number of carbonyl (C=O) groups excluding carboxylic acids is 1. The van der Waals surface area contributed by atoms with Gasteiger partial charge in [0.05, 0.1) is 0 Å². The highest BCUT2D eigenvalue weighted by Gasteiger charge is 2.08. The molecule has 0 saturated heterocycles. The van der Waals surface area contributed by atoms with Gasteiger partial charge >= 0.3 is 0 Å². The van der Waals surface area contributed by atoms with E-state index in [0.29, 0.717) is 15.9 Å². The number of rotatable bonds is 6. The maximum Gasteiger partial charge on any atom is 0.250 e. The SMILES string of the molecule is O=C(/C=C/c1ccccc1Cl)Nc1nnc(SCc2ccccc2Cl)s1. The number of benzene rings is 2. The molecular weight excluding hydrogens is 409 g/mol. The number of aromatic nitrogens is 2. The van der Waals surface area contributed by atoms with Crippen LogP contribution in [0.25, 0.3) is 6.08 Å². The summed E-state index contributed by atoms with van der Waals surface area (Å²) in [5.74, 6) is 0.401. The normalized spacial score (nSPS) is 11.0. The molecule has 0 aliphatic rings. The Kier molecular flexibility index (Phi) is 6.68. The van der Waals surface area contributed by atoms with Crippen molar-refractivity contribution in [1.82, 2.24) is 10.2 Å². The summed E-state index contributed by atoms with van der Waals surface area (Å²) < 4.78 is 0.760. The lowest BCUT2D eigenvalue weighted by Crippen LogP contribution is -2.07. The Morgan fingerprint density at radius 3 is 2.58 bits per heavy atom. The molecule has 132 valence electrons. The van der Waals surface area contributed by atoms with Crippen molar-refractivity contribution in [3.63, 3.8) is 0 Å². The molecule has 1 amide bonds. The third-order valence-electron chi connectivity index (χ3n) is 3.27. The Morgan fingerprint density at radius 1 is 1.08 bits per heavy atom. The minimum absolute atomic E-state index is 0.288. The molecule has 0 radical (unpaired) electrons. The van der Waals surface area contributed by atoms with Crippen LogP contribution in [0, 0.1) is 0 Å². The molecule has 1 aromatic heterocycles. The minimum Gasteiger partial charge on any atom is -0.297 e. The van der Waals surface area contributed by atoms with E-state index >= 15 is 0 Å². The number of nitrogens with zero attached hydrogens (tertiary/aromatic N) is 2. The Hall–Kier alpha value is -1.86. The van der Waals surface area contributed by atoms with Crippen LogP contribution in [0.5, 0.6) is 0 Å². The average molecular weight is 422 g/mol. The molecule has 0 spiro atoms. The third-order valence-corrected chi connectivity index (χ3v) is 6.00. The lowest BCUT2D eigenvalue weighted by molar-refractivity contribution is -0.111. The molecule has 0 aliphatic heterocycles. The maximum absolute atomic E-state index is 12.0. The molecule has 1 N–H and O–H groups in total. The van der Waals surface area contributed by atoms with Crippen LogP contribution in [0.3, 0.4) is 0 Å². The van der Waals surface area contributed by atoms with Gasteiger partial charge in [0.25, 0.3) is 0 Å². The van der Waals surface area contributed by atoms with Crippen LogP contribution in [0.2, 0.25) is 10.0 Å². The smallest absolute Gasteiger partial charge is 0.250 e. The van der Waals surface area contributed by atoms with Gasteiger partial charge in [-0.1, -0.05) is 82.7 Å². The molecule has 0 unspecified atom stereocenters. The van der Waals surface area contributed by atoms with Crippen molar-refractivity contribution in [2.45, 2.75) is 10.1 Å². The van der Waals surface area contributed by atoms with Gasteiger partial charge < -0.3 is 0 Å². The lowest BCUT2D eigenvalue weighted by Gasteiger charge is -2.00. The van der Waals surface area contributed by atoms with Crippen molar-refractivity contribution in [2.24, 2.45) is 0 Å². The third kappa shape index (κ3) is 5.32. The van der Waals surface area contributed by atoms with Gasteiger partial charge in [-0.15, -0.1) is 10.2 Å². The van der Waals surface area contributed by atoms with Crippen molar-refractivity contribution in [3.05, 3.63) is 75.8 Å². The summed E-state index contributed by atoms with van der Waals surface area (Å²) in [4.78, 5) is 12.0. The monoisotopic (exact) mass is 421 g/mol. The molecule has 4 nitrogen and oxygen atoms in total. The van der Waals surface area contributed by atoms with Crippen molar-refractivity contribution < 1.29 is 4.79 Å². The van der Waals surface area contributed by atoms with E-state index in [9.17, 15) is 4.79 Å². The van der Waals surface area contributed by atoms with Crippen LogP contribution in [0.1, 0.15) is 11.1 Å². The fourth-order valence-corrected chi connectivity index (χ4v) is 4.24. The van der Waals surface area contributed by atoms with Gasteiger partial charge in [0.15, 0.2) is 4.34 Å². The van der Waals surface area contributed by atoms with Crippen molar-refractivity contribution in [2.75, 3.05) is 5.32 Å². The summed E-state index contributed by atoms with van der Waals surface area (Å²) >= 11 is 15.0. The quantitative estimate of drug-likeness (QED) is 0.310. The second-order valence-electron chi connectivity index (χ2n) is 5.10. The largest absolute Gasteiger partial charge is 0.297 e. The highest BCUT2D eigenvalue weighted by Crippen LogP contribution is 2.30. The molecule has 0 fully saturated rings. The number of hydrogen-bond acceptors (Lipinski definition) is 5. The molecule has 3 aromatic rings. The molecule has 1 heterocycles. The van der Waals surface area contributed by atoms with Crippen molar-refractivity contribution in [3.8, 4) is 0 Å². The minimum atomic E-state index is -0.288. The number of amides is 1. The van der Waals surface area contributed by atoms with E-state index in [0.717, 1.165) is 20.5 Å². The zero-order chi connectivity index (χ0) is 18.4. The standard InChI is InChI=1S/C18H13Cl2N3OS2/c19-14-7-3-1-5-12(14)9-10-16(24)21-17-22-23-18(26-17)25-11-13-6-2-4-8-15(13)20/h1-10H,11H2,(H,21,22,24)/b10-9+. The summed E-state index contributed by atoms with van der Waals surface area (Å²) in [5, 5.41) is 12.5. The highest BCUT2D eigenvalue weighted by atomic mass is 35.5. The van der Waals surface area contributed by atoms with E-state index < -0.39 is 0 Å². The summed E-state index contributed by atoms with van der Waals surface area (Å²) in [6.07, 6.45) is 3.07. The number of carbonyl (C=O) groups is 1. The van der Waals surface area contributed by atoms with E-state index in [2.05, 4.69) is 15.5 Å². The average Bonchev–Trinajstić information content (AvgIpc) is 3.08. The van der Waals surface area contributed by atoms with E-state index in [1.54, 1.807) is 12.1 Å². The van der Waals surface area contributed by atoms with Gasteiger partial charge in [-0.2, -0.15) is 0 Å². The summed E-state index contributed by atoms with van der Waals surface area (Å²) in [5.41, 5.74) is 1.81. The van der Waals surface area contributed by atoms with Gasteiger partial charge in [0.2, 0.25) is 11.0 Å². The first kappa shape index (κ1) is 18.9. The Labute approximate surface area is 169 Å². The van der Waals surface area contributed by atoms with E-state index in [-0.39, 0.29) is 5.91 Å². The number of anilines is 1. The molecule has 3 rings (SSSR count). The molecule has 26 heavy (non-hydrogen) atoms. The molecule has 0 atom stereocenters. The van der Waals surface area contributed by atoms with Crippen molar-refractivity contribution in [1.29, 1.82) is 0 Å². The fourth-order valence-electron chi connectivity index (χ4n) is 2.00. The summed E-state index contributed by atoms with van der Waals surface area (Å²) in [7, 11) is 0. The molecule has 0 aliphatic carbocycles. The van der Waals surface area contributed by atoms with E-state index in [1.165, 1.54) is 29.2 Å². The van der Waals surface area contributed by atoms with Crippen LogP contribution in [0.4, 0.5) is 5.13 Å². The van der Waals surface area contributed by atoms with E-state index in [4.69, 9.17) is 23.2 Å². The van der Waals surface area contributed by atoms with Gasteiger partial charge in [-0.3, -0.25) is 10.1 Å². The first-order valence-corrected chi connectivity index (χ1v) is 10.1.